The first kappa shape index (κ1) is 19.1. The van der Waals surface area contributed by atoms with Crippen molar-refractivity contribution in [2.45, 2.75) is 26.1 Å². The molecule has 3 rings (SSSR count). The molecule has 1 saturated heterocycles. The van der Waals surface area contributed by atoms with E-state index in [9.17, 15) is 0 Å². The second-order valence-electron chi connectivity index (χ2n) is 5.51. The van der Waals surface area contributed by atoms with Crippen molar-refractivity contribution in [1.82, 2.24) is 4.90 Å². The molecule has 0 aromatic heterocycles. The summed E-state index contributed by atoms with van der Waals surface area (Å²) < 4.78 is 5.75. The molecule has 0 saturated carbocycles. The summed E-state index contributed by atoms with van der Waals surface area (Å²) in [6.07, 6.45) is 0.431. The number of benzene rings is 1. The van der Waals surface area contributed by atoms with Gasteiger partial charge in [0.05, 0.1) is 28.0 Å². The first-order chi connectivity index (χ1) is 10.5. The van der Waals surface area contributed by atoms with Crippen LogP contribution in [0.25, 0.3) is 0 Å². The molecule has 2 aliphatic heterocycles. The van der Waals surface area contributed by atoms with E-state index in [0.29, 0.717) is 10.0 Å². The molecule has 2 atom stereocenters. The maximum absolute atomic E-state index is 6.06. The fraction of sp³-hybridized carbons (Fsp3) is 0.467. The normalized spacial score (nSPS) is 24.6. The smallest absolute Gasteiger partial charge is 0.186 e. The molecule has 0 radical (unpaired) electrons. The summed E-state index contributed by atoms with van der Waals surface area (Å²) in [6.45, 7) is 5.88. The Kier molecular flexibility index (Phi) is 6.80. The van der Waals surface area contributed by atoms with Gasteiger partial charge in [-0.15, -0.1) is 22.1 Å². The third-order valence-corrected chi connectivity index (χ3v) is 5.29. The van der Waals surface area contributed by atoms with Crippen molar-refractivity contribution in [3.05, 3.63) is 33.8 Å². The summed E-state index contributed by atoms with van der Waals surface area (Å²) >= 11 is 13.7. The van der Waals surface area contributed by atoms with Gasteiger partial charge in [-0.2, -0.15) is 5.10 Å². The lowest BCUT2D eigenvalue weighted by molar-refractivity contribution is -0.0472. The number of morpholine rings is 1. The van der Waals surface area contributed by atoms with Crippen LogP contribution in [0.15, 0.2) is 28.4 Å². The monoisotopic (exact) mass is 437 g/mol. The molecule has 1 aromatic rings. The number of amidine groups is 1. The van der Waals surface area contributed by atoms with E-state index < -0.39 is 0 Å². The number of halogens is 3. The molecule has 2 aliphatic rings. The van der Waals surface area contributed by atoms with E-state index in [0.717, 1.165) is 35.3 Å². The van der Waals surface area contributed by atoms with E-state index >= 15 is 0 Å². The van der Waals surface area contributed by atoms with Crippen LogP contribution in [0.3, 0.4) is 0 Å². The third kappa shape index (κ3) is 4.63. The van der Waals surface area contributed by atoms with Crippen molar-refractivity contribution in [3.63, 3.8) is 0 Å². The van der Waals surface area contributed by atoms with E-state index in [1.165, 1.54) is 0 Å². The molecule has 0 bridgehead atoms. The van der Waals surface area contributed by atoms with Gasteiger partial charge >= 0.3 is 0 Å². The lowest BCUT2D eigenvalue weighted by atomic mass is 10.1. The van der Waals surface area contributed by atoms with Gasteiger partial charge in [0.15, 0.2) is 5.17 Å². The Bertz CT molecular complexity index is 631. The Morgan fingerprint density at radius 1 is 1.13 bits per heavy atom. The van der Waals surface area contributed by atoms with Crippen molar-refractivity contribution in [2.24, 2.45) is 10.2 Å². The molecule has 1 fully saturated rings. The van der Waals surface area contributed by atoms with Gasteiger partial charge in [-0.25, -0.2) is 0 Å². The SMILES string of the molecule is Br.CC1CN(C2=NN=C(c3ccc(Cl)c(Cl)c3)CS2)CC(C)O1. The third-order valence-electron chi connectivity index (χ3n) is 3.54. The van der Waals surface area contributed by atoms with Gasteiger partial charge < -0.3 is 9.64 Å². The van der Waals surface area contributed by atoms with Crippen molar-refractivity contribution >= 4 is 62.8 Å². The molecular weight excluding hydrogens is 421 g/mol. The summed E-state index contributed by atoms with van der Waals surface area (Å²) in [7, 11) is 0. The predicted octanol–water partition coefficient (Wildman–Crippen LogP) is 4.49. The van der Waals surface area contributed by atoms with Gasteiger partial charge in [-0.1, -0.05) is 41.0 Å². The van der Waals surface area contributed by atoms with Crippen LogP contribution in [0, 0.1) is 0 Å². The zero-order valence-corrected chi connectivity index (χ0v) is 16.9. The van der Waals surface area contributed by atoms with Gasteiger partial charge in [-0.05, 0) is 26.0 Å². The molecule has 2 unspecified atom stereocenters. The van der Waals surface area contributed by atoms with Crippen molar-refractivity contribution < 1.29 is 4.74 Å². The van der Waals surface area contributed by atoms with Gasteiger partial charge in [0, 0.05) is 24.4 Å². The zero-order chi connectivity index (χ0) is 15.7. The maximum Gasteiger partial charge on any atom is 0.186 e. The van der Waals surface area contributed by atoms with Crippen LogP contribution < -0.4 is 0 Å². The highest BCUT2D eigenvalue weighted by molar-refractivity contribution is 8.93. The average molecular weight is 439 g/mol. The van der Waals surface area contributed by atoms with Gasteiger partial charge in [0.1, 0.15) is 0 Å². The summed E-state index contributed by atoms with van der Waals surface area (Å²) in [5.74, 6) is 0.775. The quantitative estimate of drug-likeness (QED) is 0.648. The number of thioether (sulfide) groups is 1. The molecule has 23 heavy (non-hydrogen) atoms. The fourth-order valence-electron chi connectivity index (χ4n) is 2.60. The van der Waals surface area contributed by atoms with Crippen LogP contribution in [0.2, 0.25) is 10.0 Å². The summed E-state index contributed by atoms with van der Waals surface area (Å²) in [4.78, 5) is 2.25. The molecule has 126 valence electrons. The van der Waals surface area contributed by atoms with E-state index in [-0.39, 0.29) is 29.2 Å². The Balaban J connectivity index is 0.00000192. The number of nitrogens with zero attached hydrogens (tertiary/aromatic N) is 3. The first-order valence-electron chi connectivity index (χ1n) is 7.16. The summed E-state index contributed by atoms with van der Waals surface area (Å²) in [6, 6.07) is 5.55. The molecule has 8 heteroatoms. The van der Waals surface area contributed by atoms with E-state index in [1.54, 1.807) is 17.8 Å². The van der Waals surface area contributed by atoms with Crippen LogP contribution in [-0.4, -0.2) is 46.8 Å². The standard InChI is InChI=1S/C15H17Cl2N3OS.BrH/c1-9-6-20(7-10(2)21-9)15-19-18-14(8-22-15)11-3-4-12(16)13(17)5-11;/h3-5,9-10H,6-8H2,1-2H3;1H. The number of hydrogen-bond acceptors (Lipinski definition) is 5. The minimum Gasteiger partial charge on any atom is -0.372 e. The summed E-state index contributed by atoms with van der Waals surface area (Å²) in [5, 5.41) is 10.8. The molecule has 0 aliphatic carbocycles. The Labute approximate surface area is 161 Å². The predicted molar refractivity (Wildman–Crippen MR) is 105 cm³/mol. The van der Waals surface area contributed by atoms with E-state index in [4.69, 9.17) is 27.9 Å². The van der Waals surface area contributed by atoms with E-state index in [2.05, 4.69) is 29.0 Å². The zero-order valence-electron chi connectivity index (χ0n) is 12.8. The van der Waals surface area contributed by atoms with Gasteiger partial charge in [-0.3, -0.25) is 0 Å². The molecule has 0 amide bonds. The fourth-order valence-corrected chi connectivity index (χ4v) is 3.82. The lowest BCUT2D eigenvalue weighted by Crippen LogP contribution is -2.47. The highest BCUT2D eigenvalue weighted by Gasteiger charge is 2.26. The highest BCUT2D eigenvalue weighted by Crippen LogP contribution is 2.26. The minimum absolute atomic E-state index is 0. The molecule has 4 nitrogen and oxygen atoms in total. The molecule has 1 aromatic carbocycles. The largest absolute Gasteiger partial charge is 0.372 e. The maximum atomic E-state index is 6.06. The van der Waals surface area contributed by atoms with Crippen LogP contribution in [0.5, 0.6) is 0 Å². The molecule has 0 N–H and O–H groups in total. The second kappa shape index (κ2) is 8.21. The van der Waals surface area contributed by atoms with Crippen LogP contribution in [0.1, 0.15) is 19.4 Å². The summed E-state index contributed by atoms with van der Waals surface area (Å²) in [5.41, 5.74) is 1.88. The topological polar surface area (TPSA) is 37.2 Å². The minimum atomic E-state index is 0. The molecule has 2 heterocycles. The first-order valence-corrected chi connectivity index (χ1v) is 8.90. The van der Waals surface area contributed by atoms with Crippen molar-refractivity contribution in [1.29, 1.82) is 0 Å². The van der Waals surface area contributed by atoms with Crippen LogP contribution in [0.4, 0.5) is 0 Å². The van der Waals surface area contributed by atoms with Gasteiger partial charge in [0.2, 0.25) is 0 Å². The van der Waals surface area contributed by atoms with Crippen molar-refractivity contribution in [3.8, 4) is 0 Å². The Morgan fingerprint density at radius 2 is 1.83 bits per heavy atom. The Morgan fingerprint density at radius 3 is 2.39 bits per heavy atom. The van der Waals surface area contributed by atoms with Gasteiger partial charge in [0.25, 0.3) is 0 Å². The van der Waals surface area contributed by atoms with Crippen LogP contribution in [-0.2, 0) is 4.74 Å². The lowest BCUT2D eigenvalue weighted by Gasteiger charge is -2.37. The molecular formula is C15H18BrCl2N3OS. The second-order valence-corrected chi connectivity index (χ2v) is 7.27. The van der Waals surface area contributed by atoms with E-state index in [1.807, 2.05) is 12.1 Å². The number of ether oxygens (including phenoxy) is 1. The number of rotatable bonds is 1. The van der Waals surface area contributed by atoms with Crippen LogP contribution >= 0.6 is 51.9 Å². The Hall–Kier alpha value is -0.270. The number of hydrogen-bond donors (Lipinski definition) is 0. The average Bonchev–Trinajstić information content (AvgIpc) is 2.49. The molecule has 0 spiro atoms. The van der Waals surface area contributed by atoms with Crippen molar-refractivity contribution in [2.75, 3.05) is 18.8 Å². The highest BCUT2D eigenvalue weighted by atomic mass is 79.9.